The number of aromatic nitrogens is 3. The molecule has 3 atom stereocenters. The topological polar surface area (TPSA) is 75.2 Å². The van der Waals surface area contributed by atoms with E-state index in [1.54, 1.807) is 7.05 Å². The van der Waals surface area contributed by atoms with Gasteiger partial charge in [0.2, 0.25) is 0 Å². The minimum Gasteiger partial charge on any atom is -0.378 e. The first kappa shape index (κ1) is 20.1. The Kier molecular flexibility index (Phi) is 7.65. The molecule has 1 aromatic rings. The number of hydrogen-bond acceptors (Lipinski definition) is 5. The van der Waals surface area contributed by atoms with Crippen LogP contribution >= 0.6 is 0 Å². The third kappa shape index (κ3) is 6.24. The second-order valence-electron chi connectivity index (χ2n) is 7.75. The number of ether oxygens (including phenoxy) is 1. The minimum absolute atomic E-state index is 0.172. The smallest absolute Gasteiger partial charge is 0.343 e. The fourth-order valence-corrected chi connectivity index (χ4v) is 3.24. The molecular weight excluding hydrogens is 318 g/mol. The molecule has 7 heteroatoms. The van der Waals surface area contributed by atoms with Crippen LogP contribution in [0.2, 0.25) is 0 Å². The van der Waals surface area contributed by atoms with E-state index in [0.717, 1.165) is 25.3 Å². The Morgan fingerprint density at radius 1 is 1.32 bits per heavy atom. The molecular formula is C18H35N5O2. The zero-order chi connectivity index (χ0) is 18.4. The highest BCUT2D eigenvalue weighted by Gasteiger charge is 2.24. The lowest BCUT2D eigenvalue weighted by molar-refractivity contribution is 0.0339. The van der Waals surface area contributed by atoms with Crippen molar-refractivity contribution in [1.82, 2.24) is 25.0 Å². The summed E-state index contributed by atoms with van der Waals surface area (Å²) >= 11 is 0. The minimum atomic E-state index is -0.172. The maximum atomic E-state index is 11.3. The van der Waals surface area contributed by atoms with Crippen LogP contribution in [0.15, 0.2) is 4.79 Å². The largest absolute Gasteiger partial charge is 0.378 e. The van der Waals surface area contributed by atoms with Gasteiger partial charge in [-0.05, 0) is 59.4 Å². The molecule has 1 aliphatic rings. The number of likely N-dealkylation sites (tertiary alicyclic amines) is 1. The van der Waals surface area contributed by atoms with Gasteiger partial charge in [0, 0.05) is 25.7 Å². The van der Waals surface area contributed by atoms with E-state index in [9.17, 15) is 4.79 Å². The number of nitrogens with zero attached hydrogens (tertiary/aromatic N) is 3. The van der Waals surface area contributed by atoms with E-state index >= 15 is 0 Å². The summed E-state index contributed by atoms with van der Waals surface area (Å²) in [5, 5.41) is 9.89. The molecule has 0 bridgehead atoms. The average molecular weight is 354 g/mol. The fraction of sp³-hybridized carbons (Fsp3) is 0.889. The Balaban J connectivity index is 1.59. The Labute approximate surface area is 151 Å². The first-order chi connectivity index (χ1) is 11.9. The lowest BCUT2D eigenvalue weighted by Gasteiger charge is -2.21. The molecule has 0 saturated carbocycles. The normalized spacial score (nSPS) is 21.1. The molecule has 2 rings (SSSR count). The van der Waals surface area contributed by atoms with Gasteiger partial charge in [-0.15, -0.1) is 0 Å². The summed E-state index contributed by atoms with van der Waals surface area (Å²) in [5.74, 6) is 1.42. The summed E-state index contributed by atoms with van der Waals surface area (Å²) in [7, 11) is 1.73. The van der Waals surface area contributed by atoms with Crippen LogP contribution in [0, 0.1) is 5.92 Å². The van der Waals surface area contributed by atoms with Crippen LogP contribution < -0.4 is 11.0 Å². The van der Waals surface area contributed by atoms with Gasteiger partial charge in [0.05, 0.1) is 19.3 Å². The van der Waals surface area contributed by atoms with E-state index in [0.29, 0.717) is 24.5 Å². The highest BCUT2D eigenvalue weighted by molar-refractivity contribution is 4.84. The standard InChI is InChI=1S/C18H35N5O2/c1-13(2)23-9-8-16(11-23)12-25-15(4)7-6-14(3)19-10-17-20-21-18(24)22(17)5/h13-16,19H,6-12H2,1-5H3,(H,21,24). The predicted octanol–water partition coefficient (Wildman–Crippen LogP) is 1.50. The lowest BCUT2D eigenvalue weighted by Crippen LogP contribution is -2.30. The Bertz CT molecular complexity index is 568. The van der Waals surface area contributed by atoms with Crippen LogP contribution in [-0.2, 0) is 18.3 Å². The van der Waals surface area contributed by atoms with Crippen molar-refractivity contribution in [2.24, 2.45) is 13.0 Å². The molecule has 1 fully saturated rings. The Morgan fingerprint density at radius 2 is 2.08 bits per heavy atom. The SMILES string of the molecule is CC(CCC(C)OCC1CCN(C(C)C)C1)NCc1n[nH]c(=O)n1C. The third-order valence-electron chi connectivity index (χ3n) is 5.25. The van der Waals surface area contributed by atoms with E-state index in [4.69, 9.17) is 4.74 Å². The molecule has 2 heterocycles. The van der Waals surface area contributed by atoms with Gasteiger partial charge in [-0.3, -0.25) is 4.57 Å². The number of H-pyrrole nitrogens is 1. The second kappa shape index (κ2) is 9.50. The molecule has 1 saturated heterocycles. The van der Waals surface area contributed by atoms with Crippen molar-refractivity contribution >= 4 is 0 Å². The molecule has 0 aromatic carbocycles. The summed E-state index contributed by atoms with van der Waals surface area (Å²) in [6, 6.07) is 1.00. The first-order valence-electron chi connectivity index (χ1n) is 9.56. The van der Waals surface area contributed by atoms with Crippen LogP contribution in [0.25, 0.3) is 0 Å². The molecule has 0 radical (unpaired) electrons. The molecule has 7 nitrogen and oxygen atoms in total. The highest BCUT2D eigenvalue weighted by Crippen LogP contribution is 2.19. The molecule has 0 amide bonds. The molecule has 25 heavy (non-hydrogen) atoms. The maximum Gasteiger partial charge on any atom is 0.343 e. The highest BCUT2D eigenvalue weighted by atomic mass is 16.5. The van der Waals surface area contributed by atoms with E-state index in [1.807, 2.05) is 0 Å². The quantitative estimate of drug-likeness (QED) is 0.667. The van der Waals surface area contributed by atoms with Gasteiger partial charge in [0.1, 0.15) is 5.82 Å². The summed E-state index contributed by atoms with van der Waals surface area (Å²) in [6.45, 7) is 12.7. The van der Waals surface area contributed by atoms with Crippen molar-refractivity contribution in [3.63, 3.8) is 0 Å². The van der Waals surface area contributed by atoms with Gasteiger partial charge in [-0.25, -0.2) is 9.89 Å². The second-order valence-corrected chi connectivity index (χ2v) is 7.75. The van der Waals surface area contributed by atoms with E-state index in [1.165, 1.54) is 24.1 Å². The molecule has 144 valence electrons. The predicted molar refractivity (Wildman–Crippen MR) is 99.6 cm³/mol. The molecule has 3 unspecified atom stereocenters. The zero-order valence-electron chi connectivity index (χ0n) is 16.4. The molecule has 0 spiro atoms. The monoisotopic (exact) mass is 353 g/mol. The molecule has 2 N–H and O–H groups in total. The van der Waals surface area contributed by atoms with Gasteiger partial charge in [0.25, 0.3) is 0 Å². The van der Waals surface area contributed by atoms with Crippen molar-refractivity contribution in [2.45, 2.75) is 71.7 Å². The number of hydrogen-bond donors (Lipinski definition) is 2. The lowest BCUT2D eigenvalue weighted by atomic mass is 10.1. The van der Waals surface area contributed by atoms with Crippen LogP contribution in [0.4, 0.5) is 0 Å². The van der Waals surface area contributed by atoms with Crippen LogP contribution in [0.3, 0.4) is 0 Å². The van der Waals surface area contributed by atoms with Crippen molar-refractivity contribution < 1.29 is 4.74 Å². The molecule has 1 aromatic heterocycles. The molecule has 1 aliphatic heterocycles. The Hall–Kier alpha value is -1.18. The van der Waals surface area contributed by atoms with Gasteiger partial charge in [-0.1, -0.05) is 0 Å². The summed E-state index contributed by atoms with van der Waals surface area (Å²) < 4.78 is 7.61. The molecule has 0 aliphatic carbocycles. The van der Waals surface area contributed by atoms with Gasteiger partial charge in [-0.2, -0.15) is 5.10 Å². The van der Waals surface area contributed by atoms with Crippen molar-refractivity contribution in [1.29, 1.82) is 0 Å². The zero-order valence-corrected chi connectivity index (χ0v) is 16.4. The number of nitrogens with one attached hydrogen (secondary N) is 2. The first-order valence-corrected chi connectivity index (χ1v) is 9.56. The van der Waals surface area contributed by atoms with Crippen molar-refractivity contribution in [2.75, 3.05) is 19.7 Å². The average Bonchev–Trinajstić information content (AvgIpc) is 3.17. The summed E-state index contributed by atoms with van der Waals surface area (Å²) in [6.07, 6.45) is 3.62. The number of aromatic amines is 1. The van der Waals surface area contributed by atoms with Crippen molar-refractivity contribution in [3.05, 3.63) is 16.3 Å². The van der Waals surface area contributed by atoms with Crippen LogP contribution in [0.1, 0.15) is 52.8 Å². The van der Waals surface area contributed by atoms with E-state index in [-0.39, 0.29) is 11.8 Å². The Morgan fingerprint density at radius 3 is 2.68 bits per heavy atom. The van der Waals surface area contributed by atoms with E-state index < -0.39 is 0 Å². The third-order valence-corrected chi connectivity index (χ3v) is 5.25. The maximum absolute atomic E-state index is 11.3. The van der Waals surface area contributed by atoms with Crippen LogP contribution in [0.5, 0.6) is 0 Å². The fourth-order valence-electron chi connectivity index (χ4n) is 3.24. The van der Waals surface area contributed by atoms with Crippen LogP contribution in [-0.4, -0.2) is 57.5 Å². The number of rotatable bonds is 10. The van der Waals surface area contributed by atoms with E-state index in [2.05, 4.69) is 48.1 Å². The summed E-state index contributed by atoms with van der Waals surface area (Å²) in [5.41, 5.74) is -0.172. The summed E-state index contributed by atoms with van der Waals surface area (Å²) in [4.78, 5) is 13.9. The van der Waals surface area contributed by atoms with Gasteiger partial charge >= 0.3 is 5.69 Å². The van der Waals surface area contributed by atoms with Crippen molar-refractivity contribution in [3.8, 4) is 0 Å². The van der Waals surface area contributed by atoms with Gasteiger partial charge in [0.15, 0.2) is 0 Å². The van der Waals surface area contributed by atoms with Gasteiger partial charge < -0.3 is 15.0 Å².